The molecule has 0 spiro atoms. The number of benzene rings is 2. The fourth-order valence-electron chi connectivity index (χ4n) is 5.65. The Hall–Kier alpha value is -2.90. The number of amides is 1. The van der Waals surface area contributed by atoms with E-state index in [1.54, 1.807) is 19.9 Å². The highest BCUT2D eigenvalue weighted by atomic mass is 16.8. The standard InChI is InChI=1S/C33H46N2O9/c1-21-6-9-24(33-29(40)27(38)28(39)32(19-36,44-33)20-43-33)17-23(21)16-22-7-10-26(11-8-22)42-15-12-25(37)18-31(2,3)30(41)34-13-14-35(4)5/h6-11,17,27-29,36,38-40H,12-16,18-20H2,1-5H3,(H,34,41)/t27-,28-,29+,32-,33-/m0/s1. The number of hydrogen-bond acceptors (Lipinski definition) is 10. The lowest BCUT2D eigenvalue weighted by Crippen LogP contribution is -2.65. The normalized spacial score (nSPS) is 26.5. The van der Waals surface area contributed by atoms with Crippen molar-refractivity contribution in [1.29, 1.82) is 0 Å². The second-order valence-corrected chi connectivity index (χ2v) is 12.9. The van der Waals surface area contributed by atoms with Crippen molar-refractivity contribution in [3.63, 3.8) is 0 Å². The lowest BCUT2D eigenvalue weighted by atomic mass is 9.83. The summed E-state index contributed by atoms with van der Waals surface area (Å²) in [6, 6.07) is 13.0. The zero-order valence-corrected chi connectivity index (χ0v) is 26.2. The lowest BCUT2D eigenvalue weighted by Gasteiger charge is -2.46. The number of likely N-dealkylation sites (N-methyl/N-ethyl adjacent to an activating group) is 1. The number of aryl methyl sites for hydroxylation is 1. The number of carbonyl (C=O) groups is 2. The first kappa shape index (κ1) is 34.0. The number of carbonyl (C=O) groups excluding carboxylic acids is 2. The molecule has 2 fully saturated rings. The van der Waals surface area contributed by atoms with E-state index in [2.05, 4.69) is 5.32 Å². The van der Waals surface area contributed by atoms with Gasteiger partial charge < -0.3 is 44.9 Å². The molecule has 11 heteroatoms. The van der Waals surface area contributed by atoms with Crippen LogP contribution < -0.4 is 10.1 Å². The van der Waals surface area contributed by atoms with Crippen molar-refractivity contribution in [2.45, 2.75) is 69.7 Å². The number of rotatable bonds is 14. The maximum absolute atomic E-state index is 12.6. The summed E-state index contributed by atoms with van der Waals surface area (Å²) in [5.41, 5.74) is 1.08. The second kappa shape index (κ2) is 13.6. The van der Waals surface area contributed by atoms with Crippen molar-refractivity contribution < 1.29 is 44.2 Å². The first-order valence-electron chi connectivity index (χ1n) is 15.0. The first-order valence-corrected chi connectivity index (χ1v) is 15.0. The highest BCUT2D eigenvalue weighted by Crippen LogP contribution is 2.49. The van der Waals surface area contributed by atoms with Crippen LogP contribution in [0.2, 0.25) is 0 Å². The molecule has 0 radical (unpaired) electrons. The number of aliphatic hydroxyl groups excluding tert-OH is 4. The van der Waals surface area contributed by atoms with Crippen LogP contribution in [0.15, 0.2) is 42.5 Å². The molecule has 2 heterocycles. The Kier molecular flexibility index (Phi) is 10.5. The van der Waals surface area contributed by atoms with Crippen LogP contribution in [0, 0.1) is 12.3 Å². The molecule has 5 atom stereocenters. The molecule has 2 aromatic carbocycles. The molecule has 4 rings (SSSR count). The first-order chi connectivity index (χ1) is 20.7. The van der Waals surface area contributed by atoms with Gasteiger partial charge in [-0.25, -0.2) is 0 Å². The van der Waals surface area contributed by atoms with E-state index >= 15 is 0 Å². The lowest BCUT2D eigenvalue weighted by molar-refractivity contribution is -0.329. The Morgan fingerprint density at radius 2 is 1.80 bits per heavy atom. The largest absolute Gasteiger partial charge is 0.493 e. The van der Waals surface area contributed by atoms with Gasteiger partial charge in [-0.1, -0.05) is 38.1 Å². The van der Waals surface area contributed by atoms with E-state index in [9.17, 15) is 30.0 Å². The van der Waals surface area contributed by atoms with E-state index in [1.807, 2.05) is 62.3 Å². The summed E-state index contributed by atoms with van der Waals surface area (Å²) in [5, 5.41) is 44.6. The topological polar surface area (TPSA) is 158 Å². The predicted molar refractivity (Wildman–Crippen MR) is 162 cm³/mol. The van der Waals surface area contributed by atoms with E-state index < -0.39 is 41.7 Å². The molecule has 2 saturated heterocycles. The molecule has 2 aliphatic heterocycles. The average Bonchev–Trinajstić information content (AvgIpc) is 3.36. The summed E-state index contributed by atoms with van der Waals surface area (Å²) in [7, 11) is 3.87. The Bertz CT molecular complexity index is 1310. The summed E-state index contributed by atoms with van der Waals surface area (Å²) in [4.78, 5) is 27.0. The van der Waals surface area contributed by atoms with E-state index in [-0.39, 0.29) is 37.7 Å². The van der Waals surface area contributed by atoms with E-state index in [0.717, 1.165) is 23.2 Å². The molecule has 0 saturated carbocycles. The van der Waals surface area contributed by atoms with Gasteiger partial charge in [-0.2, -0.15) is 0 Å². The molecular formula is C33H46N2O9. The second-order valence-electron chi connectivity index (χ2n) is 12.9. The fraction of sp³-hybridized carbons (Fsp3) is 0.576. The number of nitrogens with one attached hydrogen (secondary N) is 1. The van der Waals surface area contributed by atoms with Crippen LogP contribution in [0.3, 0.4) is 0 Å². The molecular weight excluding hydrogens is 568 g/mol. The monoisotopic (exact) mass is 614 g/mol. The van der Waals surface area contributed by atoms with Gasteiger partial charge in [-0.05, 0) is 62.3 Å². The Morgan fingerprint density at radius 3 is 2.45 bits per heavy atom. The van der Waals surface area contributed by atoms with Gasteiger partial charge in [0.05, 0.1) is 25.2 Å². The molecule has 0 unspecified atom stereocenters. The smallest absolute Gasteiger partial charge is 0.226 e. The molecule has 2 aliphatic rings. The van der Waals surface area contributed by atoms with Gasteiger partial charge in [0.15, 0.2) is 0 Å². The van der Waals surface area contributed by atoms with E-state index in [0.29, 0.717) is 24.3 Å². The molecule has 2 bridgehead atoms. The van der Waals surface area contributed by atoms with Crippen LogP contribution in [-0.2, 0) is 31.3 Å². The summed E-state index contributed by atoms with van der Waals surface area (Å²) in [5.74, 6) is -1.28. The predicted octanol–water partition coefficient (Wildman–Crippen LogP) is 1.04. The van der Waals surface area contributed by atoms with Crippen LogP contribution in [0.5, 0.6) is 5.75 Å². The van der Waals surface area contributed by atoms with Crippen molar-refractivity contribution in [2.75, 3.05) is 47.0 Å². The summed E-state index contributed by atoms with van der Waals surface area (Å²) < 4.78 is 17.6. The maximum atomic E-state index is 12.6. The molecule has 242 valence electrons. The minimum Gasteiger partial charge on any atom is -0.493 e. The number of Topliss-reactive ketones (excluding diaryl/α,β-unsaturated/α-hetero) is 1. The number of aliphatic hydroxyl groups is 4. The summed E-state index contributed by atoms with van der Waals surface area (Å²) in [6.07, 6.45) is -3.74. The summed E-state index contributed by atoms with van der Waals surface area (Å²) >= 11 is 0. The van der Waals surface area contributed by atoms with E-state index in [1.165, 1.54) is 0 Å². The number of hydrogen-bond donors (Lipinski definition) is 5. The molecule has 44 heavy (non-hydrogen) atoms. The van der Waals surface area contributed by atoms with E-state index in [4.69, 9.17) is 14.2 Å². The fourth-order valence-corrected chi connectivity index (χ4v) is 5.65. The molecule has 2 aromatic rings. The number of ketones is 1. The average molecular weight is 615 g/mol. The third kappa shape index (κ3) is 7.15. The van der Waals surface area contributed by atoms with Crippen molar-refractivity contribution >= 4 is 11.7 Å². The minimum atomic E-state index is -1.72. The molecule has 0 aliphatic carbocycles. The van der Waals surface area contributed by atoms with Crippen LogP contribution >= 0.6 is 0 Å². The van der Waals surface area contributed by atoms with Crippen molar-refractivity contribution in [1.82, 2.24) is 10.2 Å². The Morgan fingerprint density at radius 1 is 1.09 bits per heavy atom. The van der Waals surface area contributed by atoms with Gasteiger partial charge in [0.2, 0.25) is 11.7 Å². The van der Waals surface area contributed by atoms with Gasteiger partial charge in [-0.15, -0.1) is 0 Å². The van der Waals surface area contributed by atoms with Crippen molar-refractivity contribution in [2.24, 2.45) is 5.41 Å². The molecule has 1 amide bonds. The quantitative estimate of drug-likeness (QED) is 0.208. The van der Waals surface area contributed by atoms with Crippen LogP contribution in [0.4, 0.5) is 0 Å². The van der Waals surface area contributed by atoms with Crippen molar-refractivity contribution in [3.05, 3.63) is 64.7 Å². The highest BCUT2D eigenvalue weighted by molar-refractivity contribution is 5.89. The van der Waals surface area contributed by atoms with Gasteiger partial charge >= 0.3 is 0 Å². The zero-order chi connectivity index (χ0) is 32.3. The molecule has 11 nitrogen and oxygen atoms in total. The van der Waals surface area contributed by atoms with Crippen LogP contribution in [0.25, 0.3) is 0 Å². The third-order valence-corrected chi connectivity index (χ3v) is 8.55. The Balaban J connectivity index is 1.33. The third-order valence-electron chi connectivity index (χ3n) is 8.55. The number of ether oxygens (including phenoxy) is 3. The van der Waals surface area contributed by atoms with Crippen LogP contribution in [-0.4, -0.2) is 108 Å². The minimum absolute atomic E-state index is 0.0410. The number of nitrogens with zero attached hydrogens (tertiary/aromatic N) is 1. The maximum Gasteiger partial charge on any atom is 0.226 e. The summed E-state index contributed by atoms with van der Waals surface area (Å²) in [6.45, 7) is 6.21. The van der Waals surface area contributed by atoms with Gasteiger partial charge in [0, 0.05) is 31.5 Å². The SMILES string of the molecule is Cc1ccc([C@]23OC[C@](CO)(O2)[C@@H](O)[C@H](O)[C@H]3O)cc1Cc1ccc(OCCC(=O)CC(C)(C)C(=O)NCCN(C)C)cc1. The van der Waals surface area contributed by atoms with Gasteiger partial charge in [-0.3, -0.25) is 9.59 Å². The van der Waals surface area contributed by atoms with Gasteiger partial charge in [0.1, 0.15) is 35.4 Å². The zero-order valence-electron chi connectivity index (χ0n) is 26.2. The Labute approximate surface area is 258 Å². The molecule has 0 aromatic heterocycles. The highest BCUT2D eigenvalue weighted by Gasteiger charge is 2.67. The van der Waals surface area contributed by atoms with Crippen LogP contribution in [0.1, 0.15) is 48.9 Å². The molecule has 5 N–H and O–H groups in total. The van der Waals surface area contributed by atoms with Gasteiger partial charge in [0.25, 0.3) is 0 Å². The van der Waals surface area contributed by atoms with Crippen molar-refractivity contribution in [3.8, 4) is 5.75 Å². The number of fused-ring (bicyclic) bond motifs is 2.